The fourth-order valence-corrected chi connectivity index (χ4v) is 1.13. The van der Waals surface area contributed by atoms with Gasteiger partial charge in [-0.05, 0) is 12.1 Å². The fourth-order valence-electron chi connectivity index (χ4n) is 0.604. The monoisotopic (exact) mass is 195 g/mol. The maximum absolute atomic E-state index is 4.08. The summed E-state index contributed by atoms with van der Waals surface area (Å²) in [5, 5.41) is 1.93. The van der Waals surface area contributed by atoms with E-state index in [2.05, 4.69) is 17.6 Å². The van der Waals surface area contributed by atoms with Gasteiger partial charge in [-0.3, -0.25) is 4.98 Å². The number of thiazole rings is 1. The molecule has 1 heterocycles. The van der Waals surface area contributed by atoms with Crippen molar-refractivity contribution in [3.05, 3.63) is 47.4 Å². The standard InChI is InChI=1S/C6H6S.C3H3NS/c7-6-4-2-1-3-5-6;1-2-5-3-4-1/h1-5,7H;1-3H. The molecule has 1 nitrogen and oxygen atoms in total. The molecule has 0 saturated carbocycles. The van der Waals surface area contributed by atoms with Gasteiger partial charge in [0.1, 0.15) is 0 Å². The summed E-state index contributed by atoms with van der Waals surface area (Å²) in [4.78, 5) is 4.76. The Morgan fingerprint density at radius 2 is 1.92 bits per heavy atom. The lowest BCUT2D eigenvalue weighted by atomic mass is 10.4. The number of rotatable bonds is 0. The third-order valence-corrected chi connectivity index (χ3v) is 1.92. The van der Waals surface area contributed by atoms with Crippen molar-refractivity contribution < 1.29 is 0 Å². The van der Waals surface area contributed by atoms with E-state index in [4.69, 9.17) is 0 Å². The SMILES string of the molecule is Sc1ccccc1.c1cscn1. The highest BCUT2D eigenvalue weighted by molar-refractivity contribution is 7.80. The summed E-state index contributed by atoms with van der Waals surface area (Å²) in [5.41, 5.74) is 1.79. The van der Waals surface area contributed by atoms with Crippen molar-refractivity contribution in [3.63, 3.8) is 0 Å². The highest BCUT2D eigenvalue weighted by Crippen LogP contribution is 2.00. The van der Waals surface area contributed by atoms with E-state index in [0.717, 1.165) is 4.90 Å². The molecule has 1 aromatic carbocycles. The van der Waals surface area contributed by atoms with E-state index in [0.29, 0.717) is 0 Å². The minimum atomic E-state index is 1.02. The third-order valence-electron chi connectivity index (χ3n) is 1.10. The predicted octanol–water partition coefficient (Wildman–Crippen LogP) is 3.12. The lowest BCUT2D eigenvalue weighted by Crippen LogP contribution is -1.56. The van der Waals surface area contributed by atoms with Gasteiger partial charge in [-0.15, -0.1) is 24.0 Å². The van der Waals surface area contributed by atoms with Gasteiger partial charge in [-0.1, -0.05) is 18.2 Å². The van der Waals surface area contributed by atoms with Crippen molar-refractivity contribution in [3.8, 4) is 0 Å². The summed E-state index contributed by atoms with van der Waals surface area (Å²) in [6.07, 6.45) is 1.77. The predicted molar refractivity (Wildman–Crippen MR) is 55.8 cm³/mol. The van der Waals surface area contributed by atoms with Gasteiger partial charge >= 0.3 is 0 Å². The molecule has 0 amide bonds. The Balaban J connectivity index is 0.000000127. The van der Waals surface area contributed by atoms with Crippen LogP contribution in [0.3, 0.4) is 0 Å². The highest BCUT2D eigenvalue weighted by Gasteiger charge is 1.73. The van der Waals surface area contributed by atoms with Crippen LogP contribution in [0.5, 0.6) is 0 Å². The van der Waals surface area contributed by atoms with E-state index in [9.17, 15) is 0 Å². The minimum Gasteiger partial charge on any atom is -0.253 e. The van der Waals surface area contributed by atoms with E-state index in [1.54, 1.807) is 23.0 Å². The molecular formula is C9H9NS2. The Kier molecular flexibility index (Phi) is 4.49. The summed E-state index contributed by atoms with van der Waals surface area (Å²) < 4.78 is 0. The van der Waals surface area contributed by atoms with Crippen LogP contribution in [0.4, 0.5) is 0 Å². The van der Waals surface area contributed by atoms with Gasteiger partial charge in [-0.25, -0.2) is 0 Å². The summed E-state index contributed by atoms with van der Waals surface area (Å²) in [6.45, 7) is 0. The molecule has 0 aliphatic rings. The van der Waals surface area contributed by atoms with E-state index in [1.165, 1.54) is 0 Å². The zero-order valence-corrected chi connectivity index (χ0v) is 8.13. The van der Waals surface area contributed by atoms with Crippen LogP contribution in [-0.4, -0.2) is 4.98 Å². The molecule has 2 rings (SSSR count). The van der Waals surface area contributed by atoms with Crippen molar-refractivity contribution >= 4 is 24.0 Å². The molecular weight excluding hydrogens is 186 g/mol. The lowest BCUT2D eigenvalue weighted by molar-refractivity contribution is 1.43. The Morgan fingerprint density at radius 1 is 1.17 bits per heavy atom. The number of nitrogens with zero attached hydrogens (tertiary/aromatic N) is 1. The summed E-state index contributed by atoms with van der Waals surface area (Å²) in [7, 11) is 0. The largest absolute Gasteiger partial charge is 0.253 e. The first-order valence-corrected chi connectivity index (χ1v) is 4.85. The van der Waals surface area contributed by atoms with E-state index < -0.39 is 0 Å². The average molecular weight is 195 g/mol. The normalized spacial score (nSPS) is 8.42. The molecule has 0 saturated heterocycles. The first kappa shape index (κ1) is 9.29. The van der Waals surface area contributed by atoms with Crippen molar-refractivity contribution in [2.75, 3.05) is 0 Å². The molecule has 0 atom stereocenters. The van der Waals surface area contributed by atoms with Crippen LogP contribution in [0.1, 0.15) is 0 Å². The van der Waals surface area contributed by atoms with Crippen LogP contribution >= 0.6 is 24.0 Å². The molecule has 62 valence electrons. The minimum absolute atomic E-state index is 1.02. The molecule has 0 aliphatic heterocycles. The van der Waals surface area contributed by atoms with Crippen LogP contribution in [0.25, 0.3) is 0 Å². The van der Waals surface area contributed by atoms with Crippen LogP contribution in [0, 0.1) is 0 Å². The Morgan fingerprint density at radius 3 is 2.17 bits per heavy atom. The van der Waals surface area contributed by atoms with Crippen molar-refractivity contribution in [2.45, 2.75) is 4.90 Å². The molecule has 0 bridgehead atoms. The number of aromatic nitrogens is 1. The molecule has 12 heavy (non-hydrogen) atoms. The first-order valence-electron chi connectivity index (χ1n) is 3.46. The smallest absolute Gasteiger partial charge is 0.0791 e. The Hall–Kier alpha value is -0.800. The number of thiol groups is 1. The molecule has 1 aromatic heterocycles. The lowest BCUT2D eigenvalue weighted by Gasteiger charge is -1.81. The second-order valence-electron chi connectivity index (χ2n) is 2.01. The summed E-state index contributed by atoms with van der Waals surface area (Å²) in [5.74, 6) is 0. The number of benzene rings is 1. The van der Waals surface area contributed by atoms with Crippen molar-refractivity contribution in [2.24, 2.45) is 0 Å². The third kappa shape index (κ3) is 4.16. The first-order chi connectivity index (χ1) is 5.89. The van der Waals surface area contributed by atoms with Gasteiger partial charge in [0.2, 0.25) is 0 Å². The average Bonchev–Trinajstić information content (AvgIpc) is 2.62. The van der Waals surface area contributed by atoms with Crippen molar-refractivity contribution in [1.82, 2.24) is 4.98 Å². The Labute approximate surface area is 81.5 Å². The second-order valence-corrected chi connectivity index (χ2v) is 3.28. The van der Waals surface area contributed by atoms with Gasteiger partial charge in [0.15, 0.2) is 0 Å². The molecule has 2 aromatic rings. The van der Waals surface area contributed by atoms with Crippen LogP contribution in [0.15, 0.2) is 52.3 Å². The van der Waals surface area contributed by atoms with Gasteiger partial charge in [0, 0.05) is 16.5 Å². The highest BCUT2D eigenvalue weighted by atomic mass is 32.1. The topological polar surface area (TPSA) is 12.9 Å². The zero-order chi connectivity index (χ0) is 8.65. The maximum atomic E-state index is 4.08. The van der Waals surface area contributed by atoms with Gasteiger partial charge < -0.3 is 0 Å². The Bertz CT molecular complexity index is 261. The van der Waals surface area contributed by atoms with E-state index >= 15 is 0 Å². The second kappa shape index (κ2) is 5.80. The van der Waals surface area contributed by atoms with Gasteiger partial charge in [-0.2, -0.15) is 0 Å². The van der Waals surface area contributed by atoms with Crippen molar-refractivity contribution in [1.29, 1.82) is 0 Å². The van der Waals surface area contributed by atoms with Crippen LogP contribution < -0.4 is 0 Å². The molecule has 3 heteroatoms. The van der Waals surface area contributed by atoms with Gasteiger partial charge in [0.05, 0.1) is 5.51 Å². The number of hydrogen-bond acceptors (Lipinski definition) is 3. The summed E-state index contributed by atoms with van der Waals surface area (Å²) in [6, 6.07) is 9.79. The molecule has 0 spiro atoms. The number of hydrogen-bond donors (Lipinski definition) is 1. The quantitative estimate of drug-likeness (QED) is 0.637. The molecule has 0 aliphatic carbocycles. The van der Waals surface area contributed by atoms with E-state index in [1.807, 2.05) is 35.7 Å². The van der Waals surface area contributed by atoms with Gasteiger partial charge in [0.25, 0.3) is 0 Å². The molecule has 0 unspecified atom stereocenters. The maximum Gasteiger partial charge on any atom is 0.0791 e. The molecule has 0 radical (unpaired) electrons. The van der Waals surface area contributed by atoms with Crippen LogP contribution in [0.2, 0.25) is 0 Å². The van der Waals surface area contributed by atoms with Crippen LogP contribution in [-0.2, 0) is 0 Å². The summed E-state index contributed by atoms with van der Waals surface area (Å²) >= 11 is 5.69. The molecule has 0 N–H and O–H groups in total. The van der Waals surface area contributed by atoms with E-state index in [-0.39, 0.29) is 0 Å². The zero-order valence-electron chi connectivity index (χ0n) is 6.42. The molecule has 0 fully saturated rings. The fraction of sp³-hybridized carbons (Fsp3) is 0.